The molecule has 0 atom stereocenters. The summed E-state index contributed by atoms with van der Waals surface area (Å²) < 4.78 is 28.4. The van der Waals surface area contributed by atoms with Crippen molar-refractivity contribution in [3.8, 4) is 0 Å². The number of hydrogen-bond donors (Lipinski definition) is 1. The molecular formula is C18H26Cl3NO2S. The molecular weight excluding hydrogens is 401 g/mol. The van der Waals surface area contributed by atoms with Gasteiger partial charge in [0.2, 0.25) is 10.0 Å². The Bertz CT molecular complexity index is 653. The average Bonchev–Trinajstić information content (AvgIpc) is 2.53. The Morgan fingerprint density at radius 3 is 1.68 bits per heavy atom. The molecule has 142 valence electrons. The zero-order valence-corrected chi connectivity index (χ0v) is 17.5. The van der Waals surface area contributed by atoms with Crippen LogP contribution in [-0.4, -0.2) is 14.5 Å². The fraction of sp³-hybridized carbons (Fsp3) is 0.667. The molecule has 25 heavy (non-hydrogen) atoms. The number of rotatable bonds is 3. The van der Waals surface area contributed by atoms with Crippen LogP contribution in [0.4, 0.5) is 0 Å². The van der Waals surface area contributed by atoms with E-state index >= 15 is 0 Å². The van der Waals surface area contributed by atoms with Crippen molar-refractivity contribution >= 4 is 44.8 Å². The summed E-state index contributed by atoms with van der Waals surface area (Å²) in [4.78, 5) is -0.00492. The van der Waals surface area contributed by atoms with Gasteiger partial charge in [0.05, 0.1) is 15.1 Å². The highest BCUT2D eigenvalue weighted by Crippen LogP contribution is 2.32. The molecule has 0 unspecified atom stereocenters. The molecule has 0 saturated heterocycles. The molecule has 0 amide bonds. The Labute approximate surface area is 166 Å². The van der Waals surface area contributed by atoms with Crippen LogP contribution in [0.2, 0.25) is 15.1 Å². The Kier molecular flexibility index (Phi) is 8.83. The van der Waals surface area contributed by atoms with Gasteiger partial charge in [-0.05, 0) is 25.0 Å². The molecule has 0 bridgehead atoms. The molecule has 1 N–H and O–H groups in total. The van der Waals surface area contributed by atoms with Crippen molar-refractivity contribution in [1.82, 2.24) is 4.72 Å². The van der Waals surface area contributed by atoms with Gasteiger partial charge in [-0.3, -0.25) is 0 Å². The quantitative estimate of drug-likeness (QED) is 0.553. The third-order valence-corrected chi connectivity index (χ3v) is 7.40. The van der Waals surface area contributed by atoms with Gasteiger partial charge in [-0.15, -0.1) is 0 Å². The van der Waals surface area contributed by atoms with E-state index in [4.69, 9.17) is 34.8 Å². The summed E-state index contributed by atoms with van der Waals surface area (Å²) >= 11 is 18.0. The molecule has 1 aromatic carbocycles. The first kappa shape index (κ1) is 21.3. The second-order valence-electron chi connectivity index (χ2n) is 6.77. The van der Waals surface area contributed by atoms with Crippen molar-refractivity contribution in [2.45, 2.75) is 81.6 Å². The van der Waals surface area contributed by atoms with Gasteiger partial charge in [-0.25, -0.2) is 13.1 Å². The van der Waals surface area contributed by atoms with Crippen molar-refractivity contribution in [2.24, 2.45) is 0 Å². The standard InChI is InChI=1S/C18H26Cl3NO2S/c19-15-12-17(21)18(13-16(15)20)25(23,24)22-14-10-8-6-4-2-1-3-5-7-9-11-14/h12-14,22H,1-11H2. The van der Waals surface area contributed by atoms with E-state index in [1.807, 2.05) is 0 Å². The van der Waals surface area contributed by atoms with Crippen LogP contribution < -0.4 is 4.72 Å². The summed E-state index contributed by atoms with van der Waals surface area (Å²) in [6, 6.07) is 2.64. The van der Waals surface area contributed by atoms with E-state index < -0.39 is 10.0 Å². The normalized spacial score (nSPS) is 19.2. The van der Waals surface area contributed by atoms with Crippen molar-refractivity contribution in [3.05, 3.63) is 27.2 Å². The van der Waals surface area contributed by atoms with Gasteiger partial charge in [0.1, 0.15) is 4.90 Å². The van der Waals surface area contributed by atoms with Gasteiger partial charge in [0, 0.05) is 6.04 Å². The highest BCUT2D eigenvalue weighted by Gasteiger charge is 2.23. The number of halogens is 3. The maximum atomic E-state index is 12.8. The first-order chi connectivity index (χ1) is 11.9. The molecule has 1 aliphatic rings. The van der Waals surface area contributed by atoms with E-state index in [-0.39, 0.29) is 26.0 Å². The summed E-state index contributed by atoms with van der Waals surface area (Å²) in [5.74, 6) is 0. The van der Waals surface area contributed by atoms with Crippen molar-refractivity contribution in [3.63, 3.8) is 0 Å². The first-order valence-electron chi connectivity index (χ1n) is 9.07. The second kappa shape index (κ2) is 10.4. The van der Waals surface area contributed by atoms with E-state index in [1.54, 1.807) is 0 Å². The maximum absolute atomic E-state index is 12.8. The molecule has 0 aliphatic heterocycles. The summed E-state index contributed by atoms with van der Waals surface area (Å²) in [5, 5.41) is 0.525. The second-order valence-corrected chi connectivity index (χ2v) is 9.68. The molecule has 1 aliphatic carbocycles. The molecule has 2 rings (SSSR count). The van der Waals surface area contributed by atoms with Gasteiger partial charge in [-0.1, -0.05) is 92.6 Å². The van der Waals surface area contributed by atoms with Gasteiger partial charge in [-0.2, -0.15) is 0 Å². The summed E-state index contributed by atoms with van der Waals surface area (Å²) in [7, 11) is -3.72. The summed E-state index contributed by atoms with van der Waals surface area (Å²) in [6.07, 6.45) is 12.5. The van der Waals surface area contributed by atoms with Gasteiger partial charge < -0.3 is 0 Å². The zero-order chi connectivity index (χ0) is 18.3. The van der Waals surface area contributed by atoms with Crippen LogP contribution in [0.25, 0.3) is 0 Å². The van der Waals surface area contributed by atoms with Gasteiger partial charge in [0.25, 0.3) is 0 Å². The van der Waals surface area contributed by atoms with E-state index in [0.717, 1.165) is 38.5 Å². The third kappa shape index (κ3) is 6.91. The molecule has 0 heterocycles. The van der Waals surface area contributed by atoms with Gasteiger partial charge in [0.15, 0.2) is 0 Å². The Morgan fingerprint density at radius 2 is 1.16 bits per heavy atom. The highest BCUT2D eigenvalue weighted by molar-refractivity contribution is 7.89. The maximum Gasteiger partial charge on any atom is 0.242 e. The van der Waals surface area contributed by atoms with Crippen molar-refractivity contribution in [1.29, 1.82) is 0 Å². The van der Waals surface area contributed by atoms with Crippen molar-refractivity contribution in [2.75, 3.05) is 0 Å². The van der Waals surface area contributed by atoms with Crippen LogP contribution in [0.15, 0.2) is 17.0 Å². The topological polar surface area (TPSA) is 46.2 Å². The number of benzene rings is 1. The van der Waals surface area contributed by atoms with E-state index in [0.29, 0.717) is 0 Å². The lowest BCUT2D eigenvalue weighted by Gasteiger charge is -2.20. The molecule has 0 aromatic heterocycles. The monoisotopic (exact) mass is 425 g/mol. The lowest BCUT2D eigenvalue weighted by Crippen LogP contribution is -2.35. The molecule has 1 saturated carbocycles. The lowest BCUT2D eigenvalue weighted by atomic mass is 9.98. The predicted molar refractivity (Wildman–Crippen MR) is 106 cm³/mol. The zero-order valence-electron chi connectivity index (χ0n) is 14.4. The largest absolute Gasteiger partial charge is 0.242 e. The SMILES string of the molecule is O=S(=O)(NC1CCCCCCCCCCC1)c1cc(Cl)c(Cl)cc1Cl. The van der Waals surface area contributed by atoms with Crippen LogP contribution in [0.5, 0.6) is 0 Å². The minimum Gasteiger partial charge on any atom is -0.208 e. The molecule has 0 radical (unpaired) electrons. The average molecular weight is 427 g/mol. The highest BCUT2D eigenvalue weighted by atomic mass is 35.5. The van der Waals surface area contributed by atoms with Gasteiger partial charge >= 0.3 is 0 Å². The Morgan fingerprint density at radius 1 is 0.720 bits per heavy atom. The third-order valence-electron chi connectivity index (χ3n) is 4.69. The van der Waals surface area contributed by atoms with Crippen LogP contribution in [0, 0.1) is 0 Å². The van der Waals surface area contributed by atoms with Crippen LogP contribution in [-0.2, 0) is 10.0 Å². The smallest absolute Gasteiger partial charge is 0.208 e. The molecule has 1 fully saturated rings. The van der Waals surface area contributed by atoms with Crippen LogP contribution in [0.1, 0.15) is 70.6 Å². The number of sulfonamides is 1. The lowest BCUT2D eigenvalue weighted by molar-refractivity contribution is 0.440. The van der Waals surface area contributed by atoms with E-state index in [1.165, 1.54) is 44.2 Å². The minimum atomic E-state index is -3.72. The summed E-state index contributed by atoms with van der Waals surface area (Å²) in [6.45, 7) is 0. The fourth-order valence-corrected chi connectivity index (χ4v) is 5.58. The van der Waals surface area contributed by atoms with Crippen LogP contribution >= 0.6 is 34.8 Å². The molecule has 1 aromatic rings. The Balaban J connectivity index is 2.08. The summed E-state index contributed by atoms with van der Waals surface area (Å²) in [5.41, 5.74) is 0. The van der Waals surface area contributed by atoms with E-state index in [9.17, 15) is 8.42 Å². The van der Waals surface area contributed by atoms with E-state index in [2.05, 4.69) is 4.72 Å². The molecule has 0 spiro atoms. The van der Waals surface area contributed by atoms with Crippen LogP contribution in [0.3, 0.4) is 0 Å². The molecule has 7 heteroatoms. The number of hydrogen-bond acceptors (Lipinski definition) is 2. The first-order valence-corrected chi connectivity index (χ1v) is 11.7. The molecule has 3 nitrogen and oxygen atoms in total. The minimum absolute atomic E-state index is 0.00492. The number of nitrogens with one attached hydrogen (secondary N) is 1. The Hall–Kier alpha value is -0.000000000000000167. The van der Waals surface area contributed by atoms with Crippen molar-refractivity contribution < 1.29 is 8.42 Å². The predicted octanol–water partition coefficient (Wildman–Crippen LogP) is 6.60. The fourth-order valence-electron chi connectivity index (χ4n) is 3.27.